The summed E-state index contributed by atoms with van der Waals surface area (Å²) >= 11 is 0. The van der Waals surface area contributed by atoms with Gasteiger partial charge in [0.05, 0.1) is 18.8 Å². The van der Waals surface area contributed by atoms with Crippen LogP contribution >= 0.6 is 24.0 Å². The van der Waals surface area contributed by atoms with Crippen molar-refractivity contribution in [2.45, 2.75) is 52.2 Å². The topological polar surface area (TPSA) is 54.9 Å². The van der Waals surface area contributed by atoms with Crippen LogP contribution < -0.4 is 10.6 Å². The molecule has 1 aromatic rings. The van der Waals surface area contributed by atoms with E-state index < -0.39 is 0 Å². The Morgan fingerprint density at radius 1 is 1.44 bits per heavy atom. The van der Waals surface area contributed by atoms with Crippen LogP contribution in [0.4, 0.5) is 4.39 Å². The SMILES string of the molecule is CCNC(=NCCCOCC1CCCO1)NC(C)c1ccc(C)c(F)c1.I. The summed E-state index contributed by atoms with van der Waals surface area (Å²) in [6, 6.07) is 5.30. The number of benzene rings is 1. The van der Waals surface area contributed by atoms with Crippen molar-refractivity contribution >= 4 is 29.9 Å². The lowest BCUT2D eigenvalue weighted by Crippen LogP contribution is -2.38. The highest BCUT2D eigenvalue weighted by Crippen LogP contribution is 2.16. The third kappa shape index (κ3) is 8.74. The Labute approximate surface area is 179 Å². The summed E-state index contributed by atoms with van der Waals surface area (Å²) in [5.41, 5.74) is 1.56. The van der Waals surface area contributed by atoms with Gasteiger partial charge in [0.2, 0.25) is 0 Å². The van der Waals surface area contributed by atoms with Gasteiger partial charge in [0.15, 0.2) is 5.96 Å². The molecule has 2 unspecified atom stereocenters. The minimum Gasteiger partial charge on any atom is -0.379 e. The molecule has 0 aliphatic carbocycles. The monoisotopic (exact) mass is 493 g/mol. The second kappa shape index (κ2) is 13.3. The van der Waals surface area contributed by atoms with Gasteiger partial charge in [-0.15, -0.1) is 24.0 Å². The highest BCUT2D eigenvalue weighted by molar-refractivity contribution is 14.0. The van der Waals surface area contributed by atoms with Crippen LogP contribution in [0.1, 0.15) is 50.3 Å². The predicted molar refractivity (Wildman–Crippen MR) is 118 cm³/mol. The number of hydrogen-bond donors (Lipinski definition) is 2. The van der Waals surface area contributed by atoms with Gasteiger partial charge in [0, 0.05) is 26.3 Å². The van der Waals surface area contributed by atoms with E-state index in [-0.39, 0.29) is 41.9 Å². The molecule has 2 rings (SSSR count). The van der Waals surface area contributed by atoms with Crippen molar-refractivity contribution in [1.29, 1.82) is 0 Å². The summed E-state index contributed by atoms with van der Waals surface area (Å²) in [7, 11) is 0. The van der Waals surface area contributed by atoms with Crippen LogP contribution in [-0.4, -0.2) is 45.0 Å². The molecule has 1 saturated heterocycles. The number of halogens is 2. The minimum absolute atomic E-state index is 0. The smallest absolute Gasteiger partial charge is 0.191 e. The van der Waals surface area contributed by atoms with Gasteiger partial charge in [0.1, 0.15) is 5.82 Å². The molecule has 7 heteroatoms. The average molecular weight is 493 g/mol. The molecule has 0 spiro atoms. The maximum Gasteiger partial charge on any atom is 0.191 e. The fourth-order valence-electron chi connectivity index (χ4n) is 2.83. The summed E-state index contributed by atoms with van der Waals surface area (Å²) < 4.78 is 25.0. The number of hydrogen-bond acceptors (Lipinski definition) is 3. The van der Waals surface area contributed by atoms with Crippen LogP contribution in [0.3, 0.4) is 0 Å². The lowest BCUT2D eigenvalue weighted by molar-refractivity contribution is 0.0171. The number of nitrogens with zero attached hydrogens (tertiary/aromatic N) is 1. The van der Waals surface area contributed by atoms with Gasteiger partial charge >= 0.3 is 0 Å². The van der Waals surface area contributed by atoms with Gasteiger partial charge in [-0.3, -0.25) is 4.99 Å². The number of guanidine groups is 1. The van der Waals surface area contributed by atoms with Gasteiger partial charge in [-0.2, -0.15) is 0 Å². The summed E-state index contributed by atoms with van der Waals surface area (Å²) in [4.78, 5) is 4.58. The third-order valence-electron chi connectivity index (χ3n) is 4.44. The molecule has 1 fully saturated rings. The lowest BCUT2D eigenvalue weighted by atomic mass is 10.1. The standard InChI is InChI=1S/C20H32FN3O2.HI/c1-4-22-20(23-10-6-11-25-14-18-7-5-12-26-18)24-16(3)17-9-8-15(2)19(21)13-17;/h8-9,13,16,18H,4-7,10-12,14H2,1-3H3,(H2,22,23,24);1H. The molecule has 5 nitrogen and oxygen atoms in total. The van der Waals surface area contributed by atoms with Crippen LogP contribution in [0.15, 0.2) is 23.2 Å². The number of aryl methyl sites for hydroxylation is 1. The van der Waals surface area contributed by atoms with E-state index in [9.17, 15) is 4.39 Å². The molecule has 0 saturated carbocycles. The van der Waals surface area contributed by atoms with E-state index in [0.717, 1.165) is 43.9 Å². The van der Waals surface area contributed by atoms with Crippen LogP contribution in [0.2, 0.25) is 0 Å². The first kappa shape index (κ1) is 24.1. The summed E-state index contributed by atoms with van der Waals surface area (Å²) in [6.45, 7) is 9.47. The second-order valence-corrected chi connectivity index (χ2v) is 6.70. The van der Waals surface area contributed by atoms with Crippen molar-refractivity contribution in [2.24, 2.45) is 4.99 Å². The van der Waals surface area contributed by atoms with Crippen LogP contribution in [-0.2, 0) is 9.47 Å². The lowest BCUT2D eigenvalue weighted by Gasteiger charge is -2.18. The second-order valence-electron chi connectivity index (χ2n) is 6.70. The maximum absolute atomic E-state index is 13.8. The van der Waals surface area contributed by atoms with Crippen molar-refractivity contribution < 1.29 is 13.9 Å². The summed E-state index contributed by atoms with van der Waals surface area (Å²) in [5, 5.41) is 6.56. The van der Waals surface area contributed by atoms with Crippen molar-refractivity contribution in [3.05, 3.63) is 35.1 Å². The van der Waals surface area contributed by atoms with Crippen molar-refractivity contribution in [3.8, 4) is 0 Å². The predicted octanol–water partition coefficient (Wildman–Crippen LogP) is 3.95. The zero-order valence-electron chi connectivity index (χ0n) is 16.6. The number of aliphatic imine (C=N–C) groups is 1. The number of rotatable bonds is 9. The molecule has 1 aliphatic rings. The minimum atomic E-state index is -0.179. The summed E-state index contributed by atoms with van der Waals surface area (Å²) in [5.74, 6) is 0.557. The molecule has 1 heterocycles. The zero-order chi connectivity index (χ0) is 18.8. The molecule has 154 valence electrons. The molecule has 1 aliphatic heterocycles. The molecule has 0 aromatic heterocycles. The number of nitrogens with one attached hydrogen (secondary N) is 2. The Balaban J connectivity index is 0.00000364. The Bertz CT molecular complexity index is 580. The van der Waals surface area contributed by atoms with Crippen molar-refractivity contribution in [1.82, 2.24) is 10.6 Å². The van der Waals surface area contributed by atoms with Crippen LogP contribution in [0.25, 0.3) is 0 Å². The summed E-state index contributed by atoms with van der Waals surface area (Å²) in [6.07, 6.45) is 3.37. The molecule has 2 atom stereocenters. The van der Waals surface area contributed by atoms with E-state index in [1.54, 1.807) is 19.1 Å². The molecule has 0 radical (unpaired) electrons. The average Bonchev–Trinajstić information content (AvgIpc) is 3.13. The van der Waals surface area contributed by atoms with Gasteiger partial charge in [0.25, 0.3) is 0 Å². The fourth-order valence-corrected chi connectivity index (χ4v) is 2.83. The van der Waals surface area contributed by atoms with Gasteiger partial charge in [-0.05, 0) is 57.2 Å². The van der Waals surface area contributed by atoms with Gasteiger partial charge in [-0.1, -0.05) is 12.1 Å². The normalized spacial score (nSPS) is 18.1. The molecular weight excluding hydrogens is 460 g/mol. The van der Waals surface area contributed by atoms with Crippen LogP contribution in [0, 0.1) is 12.7 Å². The molecule has 1 aromatic carbocycles. The highest BCUT2D eigenvalue weighted by Gasteiger charge is 2.15. The molecular formula is C20H33FIN3O2. The first-order valence-corrected chi connectivity index (χ1v) is 9.60. The molecule has 27 heavy (non-hydrogen) atoms. The first-order valence-electron chi connectivity index (χ1n) is 9.60. The Morgan fingerprint density at radius 2 is 2.26 bits per heavy atom. The van der Waals surface area contributed by atoms with Gasteiger partial charge < -0.3 is 20.1 Å². The molecule has 2 N–H and O–H groups in total. The molecule has 0 amide bonds. The van der Waals surface area contributed by atoms with Crippen LogP contribution in [0.5, 0.6) is 0 Å². The van der Waals surface area contributed by atoms with Gasteiger partial charge in [-0.25, -0.2) is 4.39 Å². The maximum atomic E-state index is 13.8. The van der Waals surface area contributed by atoms with E-state index in [1.165, 1.54) is 0 Å². The van der Waals surface area contributed by atoms with E-state index in [0.29, 0.717) is 25.3 Å². The number of ether oxygens (including phenoxy) is 2. The van der Waals surface area contributed by atoms with Crippen molar-refractivity contribution in [3.63, 3.8) is 0 Å². The molecule has 0 bridgehead atoms. The largest absolute Gasteiger partial charge is 0.379 e. The zero-order valence-corrected chi connectivity index (χ0v) is 18.9. The van der Waals surface area contributed by atoms with E-state index >= 15 is 0 Å². The first-order chi connectivity index (χ1) is 12.6. The quantitative estimate of drug-likeness (QED) is 0.237. The van der Waals surface area contributed by atoms with E-state index in [4.69, 9.17) is 9.47 Å². The Morgan fingerprint density at radius 3 is 2.93 bits per heavy atom. The van der Waals surface area contributed by atoms with E-state index in [1.807, 2.05) is 19.9 Å². The Kier molecular flexibility index (Phi) is 11.9. The highest BCUT2D eigenvalue weighted by atomic mass is 127. The third-order valence-corrected chi connectivity index (χ3v) is 4.44. The fraction of sp³-hybridized carbons (Fsp3) is 0.650. The Hall–Kier alpha value is -0.930. The van der Waals surface area contributed by atoms with E-state index in [2.05, 4.69) is 15.6 Å². The van der Waals surface area contributed by atoms with Crippen molar-refractivity contribution in [2.75, 3.05) is 32.9 Å².